The molecule has 6 nitrogen and oxygen atoms in total. The number of hydrogen-bond acceptors (Lipinski definition) is 5. The van der Waals surface area contributed by atoms with Gasteiger partial charge in [0, 0.05) is 31.5 Å². The predicted molar refractivity (Wildman–Crippen MR) is 54.7 cm³/mol. The van der Waals surface area contributed by atoms with Crippen LogP contribution in [-0.4, -0.2) is 51.9 Å². The van der Waals surface area contributed by atoms with E-state index in [1.54, 1.807) is 0 Å². The highest BCUT2D eigenvalue weighted by molar-refractivity contribution is 7.94. The lowest BCUT2D eigenvalue weighted by atomic mass is 10.6. The summed E-state index contributed by atoms with van der Waals surface area (Å²) in [5.41, 5.74) is 0. The molecule has 0 spiro atoms. The second kappa shape index (κ2) is 5.22. The Morgan fingerprint density at radius 2 is 1.78 bits per heavy atom. The highest BCUT2D eigenvalue weighted by Crippen LogP contribution is 2.18. The number of rotatable bonds is 1. The third kappa shape index (κ3) is 4.26. The van der Waals surface area contributed by atoms with E-state index in [1.807, 2.05) is 0 Å². The Morgan fingerprint density at radius 1 is 1.28 bits per heavy atom. The number of hydroxylamine groups is 2. The van der Waals surface area contributed by atoms with Crippen molar-refractivity contribution in [3.05, 3.63) is 0 Å². The monoisotopic (exact) mass is 288 g/mol. The molecule has 0 radical (unpaired) electrons. The fraction of sp³-hybridized carbons (Fsp3) is 0.750. The maximum absolute atomic E-state index is 11.9. The molecule has 1 rings (SSSR count). The molecule has 0 aliphatic carbocycles. The molecule has 0 unspecified atom stereocenters. The summed E-state index contributed by atoms with van der Waals surface area (Å²) in [6, 6.07) is 0. The molecule has 0 bridgehead atoms. The average molecular weight is 288 g/mol. The second-order valence-corrected chi connectivity index (χ2v) is 6.14. The Bertz CT molecular complexity index is 453. The third-order valence-corrected chi connectivity index (χ3v) is 4.29. The Hall–Kier alpha value is -1.16. The average Bonchev–Trinajstić information content (AvgIpc) is 2.19. The molecule has 0 saturated carbocycles. The molecule has 0 aromatic heterocycles. The van der Waals surface area contributed by atoms with E-state index >= 15 is 0 Å². The molecule has 18 heavy (non-hydrogen) atoms. The van der Waals surface area contributed by atoms with E-state index in [4.69, 9.17) is 0 Å². The van der Waals surface area contributed by atoms with Crippen LogP contribution in [0.3, 0.4) is 0 Å². The molecule has 104 valence electrons. The summed E-state index contributed by atoms with van der Waals surface area (Å²) >= 11 is 0. The number of hydrogen-bond donors (Lipinski definition) is 0. The van der Waals surface area contributed by atoms with Gasteiger partial charge in [0.25, 0.3) is 5.91 Å². The van der Waals surface area contributed by atoms with Gasteiger partial charge in [-0.3, -0.25) is 4.79 Å². The minimum atomic E-state index is -5.07. The van der Waals surface area contributed by atoms with E-state index in [0.29, 0.717) is 0 Å². The lowest BCUT2D eigenvalue weighted by Gasteiger charge is -2.26. The quantitative estimate of drug-likeness (QED) is 0.695. The van der Waals surface area contributed by atoms with Gasteiger partial charge in [-0.05, 0) is 0 Å². The topological polar surface area (TPSA) is 76.0 Å². The van der Waals surface area contributed by atoms with Crippen LogP contribution in [0.25, 0.3) is 0 Å². The van der Waals surface area contributed by atoms with E-state index in [-0.39, 0.29) is 24.6 Å². The fourth-order valence-electron chi connectivity index (χ4n) is 1.29. The fourth-order valence-corrected chi connectivity index (χ4v) is 3.12. The van der Waals surface area contributed by atoms with Gasteiger partial charge < -0.3 is 4.84 Å². The maximum atomic E-state index is 11.9. The van der Waals surface area contributed by atoms with Crippen LogP contribution in [0.2, 0.25) is 0 Å². The van der Waals surface area contributed by atoms with Crippen LogP contribution in [0.4, 0.5) is 13.2 Å². The van der Waals surface area contributed by atoms with Crippen molar-refractivity contribution in [2.24, 2.45) is 4.36 Å². The van der Waals surface area contributed by atoms with Crippen molar-refractivity contribution in [1.82, 2.24) is 5.06 Å². The summed E-state index contributed by atoms with van der Waals surface area (Å²) < 4.78 is 51.0. The van der Waals surface area contributed by atoms with Crippen LogP contribution < -0.4 is 0 Å². The Balaban J connectivity index is 2.58. The summed E-state index contributed by atoms with van der Waals surface area (Å²) in [6.07, 6.45) is -5.07. The van der Waals surface area contributed by atoms with Crippen LogP contribution in [0.1, 0.15) is 6.92 Å². The lowest BCUT2D eigenvalue weighted by Crippen LogP contribution is -2.43. The largest absolute Gasteiger partial charge is 0.492 e. The zero-order valence-electron chi connectivity index (χ0n) is 9.40. The first-order valence-corrected chi connectivity index (χ1v) is 6.75. The van der Waals surface area contributed by atoms with Gasteiger partial charge in [-0.15, -0.1) is 5.06 Å². The summed E-state index contributed by atoms with van der Waals surface area (Å²) in [7, 11) is -2.73. The highest BCUT2D eigenvalue weighted by atomic mass is 32.2. The number of carbonyl (C=O) groups excluding carboxylic acids is 2. The Morgan fingerprint density at radius 3 is 2.17 bits per heavy atom. The van der Waals surface area contributed by atoms with E-state index in [1.165, 1.54) is 0 Å². The molecule has 1 aliphatic heterocycles. The first-order chi connectivity index (χ1) is 8.12. The van der Waals surface area contributed by atoms with Crippen molar-refractivity contribution < 1.29 is 31.8 Å². The maximum Gasteiger partial charge on any atom is 0.492 e. The summed E-state index contributed by atoms with van der Waals surface area (Å²) in [6.45, 7) is 0.831. The van der Waals surface area contributed by atoms with E-state index in [9.17, 15) is 27.0 Å². The first kappa shape index (κ1) is 14.9. The van der Waals surface area contributed by atoms with Gasteiger partial charge in [0.1, 0.15) is 0 Å². The number of nitrogens with zero attached hydrogens (tertiary/aromatic N) is 2. The number of alkyl halides is 3. The van der Waals surface area contributed by atoms with Gasteiger partial charge in [0.15, 0.2) is 0 Å². The second-order valence-electron chi connectivity index (χ2n) is 3.60. The Labute approximate surface area is 101 Å². The van der Waals surface area contributed by atoms with Crippen molar-refractivity contribution in [2.45, 2.75) is 13.1 Å². The summed E-state index contributed by atoms with van der Waals surface area (Å²) in [5.74, 6) is -3.14. The molecule has 10 heteroatoms. The normalized spacial score (nSPS) is 20.2. The van der Waals surface area contributed by atoms with Crippen molar-refractivity contribution in [1.29, 1.82) is 0 Å². The number of amides is 1. The van der Waals surface area contributed by atoms with E-state index < -0.39 is 27.8 Å². The highest BCUT2D eigenvalue weighted by Gasteiger charge is 2.43. The summed E-state index contributed by atoms with van der Waals surface area (Å²) in [5, 5.41) is 0.772. The van der Waals surface area contributed by atoms with Crippen molar-refractivity contribution in [3.8, 4) is 0 Å². The minimum Gasteiger partial charge on any atom is -0.361 e. The minimum absolute atomic E-state index is 0.113. The molecule has 1 aliphatic rings. The van der Waals surface area contributed by atoms with Crippen LogP contribution in [0, 0.1) is 0 Å². The van der Waals surface area contributed by atoms with Crippen molar-refractivity contribution >= 4 is 21.6 Å². The SMILES string of the molecule is CC(=O)N=S1(=O)CCN(OC(=O)C(F)(F)F)CC1. The molecule has 0 N–H and O–H groups in total. The predicted octanol–water partition coefficient (Wildman–Crippen LogP) is 0.337. The van der Waals surface area contributed by atoms with Crippen LogP contribution in [0.5, 0.6) is 0 Å². The zero-order valence-corrected chi connectivity index (χ0v) is 10.2. The summed E-state index contributed by atoms with van der Waals surface area (Å²) in [4.78, 5) is 25.3. The molecule has 0 aromatic rings. The van der Waals surface area contributed by atoms with E-state index in [2.05, 4.69) is 9.20 Å². The molecular formula is C8H11F3N2O4S. The standard InChI is InChI=1S/C8H11F3N2O4S/c1-6(14)12-18(16)4-2-13(3-5-18)17-7(15)8(9,10)11/h2-5H2,1H3. The lowest BCUT2D eigenvalue weighted by molar-refractivity contribution is -0.237. The van der Waals surface area contributed by atoms with Crippen molar-refractivity contribution in [2.75, 3.05) is 24.6 Å². The molecule has 1 fully saturated rings. The van der Waals surface area contributed by atoms with Gasteiger partial charge in [0.2, 0.25) is 0 Å². The smallest absolute Gasteiger partial charge is 0.361 e. The van der Waals surface area contributed by atoms with Crippen LogP contribution in [0.15, 0.2) is 4.36 Å². The molecule has 0 aromatic carbocycles. The van der Waals surface area contributed by atoms with Gasteiger partial charge >= 0.3 is 12.1 Å². The van der Waals surface area contributed by atoms with E-state index in [0.717, 1.165) is 12.0 Å². The van der Waals surface area contributed by atoms with Crippen LogP contribution in [-0.2, 0) is 24.2 Å². The molecule has 0 atom stereocenters. The Kier molecular flexibility index (Phi) is 4.32. The first-order valence-electron chi connectivity index (χ1n) is 4.89. The molecule has 1 saturated heterocycles. The zero-order chi connectivity index (χ0) is 14.0. The van der Waals surface area contributed by atoms with Crippen LogP contribution >= 0.6 is 0 Å². The molecule has 1 amide bonds. The van der Waals surface area contributed by atoms with Gasteiger partial charge in [-0.2, -0.15) is 17.5 Å². The van der Waals surface area contributed by atoms with Gasteiger partial charge in [-0.1, -0.05) is 0 Å². The third-order valence-electron chi connectivity index (χ3n) is 2.06. The number of halogens is 3. The van der Waals surface area contributed by atoms with Gasteiger partial charge in [-0.25, -0.2) is 9.00 Å². The number of carbonyl (C=O) groups is 2. The van der Waals surface area contributed by atoms with Gasteiger partial charge in [0.05, 0.1) is 9.73 Å². The molecular weight excluding hydrogens is 277 g/mol. The molecule has 1 heterocycles. The van der Waals surface area contributed by atoms with Crippen molar-refractivity contribution in [3.63, 3.8) is 0 Å².